The van der Waals surface area contributed by atoms with Gasteiger partial charge in [0.15, 0.2) is 0 Å². The first-order chi connectivity index (χ1) is 9.20. The summed E-state index contributed by atoms with van der Waals surface area (Å²) >= 11 is 7.50. The molecule has 0 aliphatic carbocycles. The molecule has 1 N–H and O–H groups in total. The second-order valence-corrected chi connectivity index (χ2v) is 5.62. The van der Waals surface area contributed by atoms with Crippen molar-refractivity contribution in [3.63, 3.8) is 0 Å². The fourth-order valence-electron chi connectivity index (χ4n) is 1.69. The topological polar surface area (TPSA) is 37.8 Å². The average Bonchev–Trinajstić information content (AvgIpc) is 2.82. The average molecular weight is 300 g/mol. The van der Waals surface area contributed by atoms with Crippen LogP contribution in [0, 0.1) is 5.82 Å². The molecule has 19 heavy (non-hydrogen) atoms. The van der Waals surface area contributed by atoms with Crippen molar-refractivity contribution in [2.24, 2.45) is 0 Å². The van der Waals surface area contributed by atoms with Crippen LogP contribution in [0.25, 0.3) is 0 Å². The van der Waals surface area contributed by atoms with Gasteiger partial charge < -0.3 is 5.32 Å². The summed E-state index contributed by atoms with van der Waals surface area (Å²) in [5.74, 6) is -0.295. The molecule has 0 spiro atoms. The van der Waals surface area contributed by atoms with E-state index in [-0.39, 0.29) is 5.82 Å². The lowest BCUT2D eigenvalue weighted by Gasteiger charge is -2.02. The summed E-state index contributed by atoms with van der Waals surface area (Å²) in [7, 11) is 0. The van der Waals surface area contributed by atoms with E-state index in [9.17, 15) is 4.39 Å². The van der Waals surface area contributed by atoms with Crippen LogP contribution in [-0.4, -0.2) is 23.3 Å². The second kappa shape index (κ2) is 6.93. The minimum Gasteiger partial charge on any atom is -0.317 e. The molecule has 0 amide bonds. The zero-order valence-electron chi connectivity index (χ0n) is 10.6. The summed E-state index contributed by atoms with van der Waals surface area (Å²) in [5, 5.41) is 13.6. The number of rotatable bonds is 6. The van der Waals surface area contributed by atoms with Gasteiger partial charge in [-0.25, -0.2) is 4.39 Å². The number of aromatic nitrogens is 2. The number of hydrogen-bond donors (Lipinski definition) is 1. The minimum atomic E-state index is -0.295. The quantitative estimate of drug-likeness (QED) is 0.833. The number of nitrogens with zero attached hydrogens (tertiary/aromatic N) is 2. The number of hydrogen-bond acceptors (Lipinski definition) is 4. The Labute approximate surface area is 120 Å². The SMILES string of the molecule is CCNCCc1nnc(Cc2c(F)cccc2Cl)s1. The van der Waals surface area contributed by atoms with Gasteiger partial charge in [-0.3, -0.25) is 0 Å². The molecule has 0 radical (unpaired) electrons. The van der Waals surface area contributed by atoms with Gasteiger partial charge in [-0.2, -0.15) is 0 Å². The van der Waals surface area contributed by atoms with Crippen LogP contribution in [0.4, 0.5) is 4.39 Å². The molecule has 102 valence electrons. The standard InChI is InChI=1S/C13H15ClFN3S/c1-2-16-7-6-12-17-18-13(19-12)8-9-10(14)4-3-5-11(9)15/h3-5,16H,2,6-8H2,1H3. The Bertz CT molecular complexity index is 524. The molecule has 0 unspecified atom stereocenters. The first kappa shape index (κ1) is 14.4. The van der Waals surface area contributed by atoms with E-state index in [2.05, 4.69) is 22.4 Å². The molecule has 3 nitrogen and oxygen atoms in total. The van der Waals surface area contributed by atoms with Gasteiger partial charge in [0.25, 0.3) is 0 Å². The van der Waals surface area contributed by atoms with Gasteiger partial charge >= 0.3 is 0 Å². The number of nitrogens with one attached hydrogen (secondary N) is 1. The van der Waals surface area contributed by atoms with E-state index in [1.165, 1.54) is 17.4 Å². The molecule has 2 rings (SSSR count). The molecule has 0 saturated heterocycles. The highest BCUT2D eigenvalue weighted by atomic mass is 35.5. The molecule has 0 atom stereocenters. The maximum atomic E-state index is 13.7. The summed E-state index contributed by atoms with van der Waals surface area (Å²) in [6.07, 6.45) is 1.24. The van der Waals surface area contributed by atoms with Crippen molar-refractivity contribution in [2.45, 2.75) is 19.8 Å². The van der Waals surface area contributed by atoms with Crippen molar-refractivity contribution in [1.82, 2.24) is 15.5 Å². The molecule has 6 heteroatoms. The van der Waals surface area contributed by atoms with Crippen molar-refractivity contribution >= 4 is 22.9 Å². The van der Waals surface area contributed by atoms with Gasteiger partial charge in [-0.15, -0.1) is 21.5 Å². The Balaban J connectivity index is 2.03. The van der Waals surface area contributed by atoms with Crippen LogP contribution in [0.1, 0.15) is 22.5 Å². The third-order valence-electron chi connectivity index (χ3n) is 2.66. The Morgan fingerprint density at radius 2 is 2.11 bits per heavy atom. The molecule has 0 bridgehead atoms. The van der Waals surface area contributed by atoms with Crippen molar-refractivity contribution < 1.29 is 4.39 Å². The molecule has 0 fully saturated rings. The molecular formula is C13H15ClFN3S. The van der Waals surface area contributed by atoms with E-state index in [0.717, 1.165) is 29.5 Å². The Kier molecular flexibility index (Phi) is 5.24. The van der Waals surface area contributed by atoms with Gasteiger partial charge in [-0.05, 0) is 18.7 Å². The van der Waals surface area contributed by atoms with Crippen LogP contribution < -0.4 is 5.32 Å². The molecule has 1 aromatic heterocycles. The highest BCUT2D eigenvalue weighted by Gasteiger charge is 2.11. The van der Waals surface area contributed by atoms with E-state index < -0.39 is 0 Å². The predicted octanol–water partition coefficient (Wildman–Crippen LogP) is 3.07. The Morgan fingerprint density at radius 3 is 2.84 bits per heavy atom. The minimum absolute atomic E-state index is 0.295. The number of benzene rings is 1. The first-order valence-electron chi connectivity index (χ1n) is 6.15. The zero-order valence-corrected chi connectivity index (χ0v) is 12.2. The van der Waals surface area contributed by atoms with Crippen LogP contribution in [0.2, 0.25) is 5.02 Å². The maximum Gasteiger partial charge on any atom is 0.128 e. The predicted molar refractivity (Wildman–Crippen MR) is 76.4 cm³/mol. The summed E-state index contributed by atoms with van der Waals surface area (Å²) in [6.45, 7) is 3.88. The molecule has 1 aromatic carbocycles. The lowest BCUT2D eigenvalue weighted by Crippen LogP contribution is -2.15. The lowest BCUT2D eigenvalue weighted by molar-refractivity contribution is 0.613. The first-order valence-corrected chi connectivity index (χ1v) is 7.35. The van der Waals surface area contributed by atoms with Crippen LogP contribution in [0.15, 0.2) is 18.2 Å². The van der Waals surface area contributed by atoms with Gasteiger partial charge in [0, 0.05) is 30.0 Å². The number of halogens is 2. The van der Waals surface area contributed by atoms with Crippen molar-refractivity contribution in [1.29, 1.82) is 0 Å². The van der Waals surface area contributed by atoms with E-state index in [4.69, 9.17) is 11.6 Å². The zero-order chi connectivity index (χ0) is 13.7. The largest absolute Gasteiger partial charge is 0.317 e. The van der Waals surface area contributed by atoms with Gasteiger partial charge in [-0.1, -0.05) is 24.6 Å². The summed E-state index contributed by atoms with van der Waals surface area (Å²) < 4.78 is 13.7. The fraction of sp³-hybridized carbons (Fsp3) is 0.385. The highest BCUT2D eigenvalue weighted by molar-refractivity contribution is 7.11. The second-order valence-electron chi connectivity index (χ2n) is 4.07. The third kappa shape index (κ3) is 3.96. The van der Waals surface area contributed by atoms with E-state index in [0.29, 0.717) is 17.0 Å². The van der Waals surface area contributed by atoms with Gasteiger partial charge in [0.1, 0.15) is 15.8 Å². The normalized spacial score (nSPS) is 10.9. The monoisotopic (exact) mass is 299 g/mol. The molecule has 0 saturated carbocycles. The highest BCUT2D eigenvalue weighted by Crippen LogP contribution is 2.23. The van der Waals surface area contributed by atoms with Crippen LogP contribution in [0.5, 0.6) is 0 Å². The van der Waals surface area contributed by atoms with Crippen LogP contribution in [0.3, 0.4) is 0 Å². The molecule has 1 heterocycles. The summed E-state index contributed by atoms with van der Waals surface area (Å²) in [4.78, 5) is 0. The fourth-order valence-corrected chi connectivity index (χ4v) is 2.77. The molecular weight excluding hydrogens is 285 g/mol. The molecule has 2 aromatic rings. The Morgan fingerprint density at radius 1 is 1.32 bits per heavy atom. The summed E-state index contributed by atoms with van der Waals surface area (Å²) in [6, 6.07) is 4.70. The lowest BCUT2D eigenvalue weighted by atomic mass is 10.1. The third-order valence-corrected chi connectivity index (χ3v) is 4.00. The Hall–Kier alpha value is -1.04. The summed E-state index contributed by atoms with van der Waals surface area (Å²) in [5.41, 5.74) is 0.485. The van der Waals surface area contributed by atoms with Crippen LogP contribution >= 0.6 is 22.9 Å². The number of likely N-dealkylation sites (N-methyl/N-ethyl adjacent to an activating group) is 1. The van der Waals surface area contributed by atoms with E-state index >= 15 is 0 Å². The van der Waals surface area contributed by atoms with Gasteiger partial charge in [0.05, 0.1) is 0 Å². The van der Waals surface area contributed by atoms with Crippen LogP contribution in [-0.2, 0) is 12.8 Å². The van der Waals surface area contributed by atoms with E-state index in [1.54, 1.807) is 12.1 Å². The maximum absolute atomic E-state index is 13.7. The molecule has 0 aliphatic heterocycles. The van der Waals surface area contributed by atoms with Crippen molar-refractivity contribution in [3.05, 3.63) is 44.6 Å². The van der Waals surface area contributed by atoms with E-state index in [1.807, 2.05) is 0 Å². The molecule has 0 aliphatic rings. The van der Waals surface area contributed by atoms with Crippen molar-refractivity contribution in [2.75, 3.05) is 13.1 Å². The smallest absolute Gasteiger partial charge is 0.128 e. The van der Waals surface area contributed by atoms with Gasteiger partial charge in [0.2, 0.25) is 0 Å². The van der Waals surface area contributed by atoms with Crippen molar-refractivity contribution in [3.8, 4) is 0 Å².